The Kier molecular flexibility index (Phi) is 10.4. The van der Waals surface area contributed by atoms with Gasteiger partial charge in [-0.15, -0.1) is 0 Å². The summed E-state index contributed by atoms with van der Waals surface area (Å²) in [4.78, 5) is 10.1. The first-order valence-corrected chi connectivity index (χ1v) is 2.34. The van der Waals surface area contributed by atoms with Crippen LogP contribution in [0, 0.1) is 0 Å². The fourth-order valence-corrected chi connectivity index (χ4v) is 0.246. The topological polar surface area (TPSA) is 26.3 Å². The molecule has 0 saturated carbocycles. The third kappa shape index (κ3) is 9.64. The molecule has 0 spiro atoms. The van der Waals surface area contributed by atoms with Gasteiger partial charge in [0.05, 0.1) is 0 Å². The summed E-state index contributed by atoms with van der Waals surface area (Å²) in [7, 11) is 0. The van der Waals surface area contributed by atoms with Gasteiger partial charge in [-0.05, 0) is 13.8 Å². The molecule has 46 valence electrons. The van der Waals surface area contributed by atoms with E-state index in [0.717, 1.165) is 0 Å². The highest BCUT2D eigenvalue weighted by molar-refractivity contribution is 5.76. The predicted molar refractivity (Wildman–Crippen MR) is 35.7 cm³/mol. The summed E-state index contributed by atoms with van der Waals surface area (Å²) in [5.74, 6) is 0.0850. The van der Waals surface area contributed by atoms with Gasteiger partial charge >= 0.3 is 23.1 Å². The summed E-state index contributed by atoms with van der Waals surface area (Å²) in [5, 5.41) is 0. The van der Waals surface area contributed by atoms with Crippen molar-refractivity contribution in [2.24, 2.45) is 0 Å². The maximum atomic E-state index is 10.1. The maximum absolute atomic E-state index is 10.1. The van der Waals surface area contributed by atoms with Crippen LogP contribution < -0.4 is 0 Å². The van der Waals surface area contributed by atoms with Crippen molar-refractivity contribution in [1.29, 1.82) is 0 Å². The molecule has 8 heavy (non-hydrogen) atoms. The van der Waals surface area contributed by atoms with Gasteiger partial charge < -0.3 is 4.74 Å². The number of ether oxygens (including phenoxy) is 1. The molecule has 0 heterocycles. The molecule has 0 N–H and O–H groups in total. The van der Waals surface area contributed by atoms with Crippen molar-refractivity contribution in [3.63, 3.8) is 0 Å². The quantitative estimate of drug-likeness (QED) is 0.488. The molecule has 0 fully saturated rings. The van der Waals surface area contributed by atoms with Gasteiger partial charge in [0.2, 0.25) is 0 Å². The summed E-state index contributed by atoms with van der Waals surface area (Å²) in [5.41, 5.74) is 0. The first-order chi connectivity index (χ1) is 3.27. The predicted octanol–water partition coefficient (Wildman–Crippen LogP) is -0.304. The van der Waals surface area contributed by atoms with Crippen LogP contribution in [0.25, 0.3) is 0 Å². The highest BCUT2D eigenvalue weighted by atomic mass is 24.3. The van der Waals surface area contributed by atoms with Crippen LogP contribution in [0.1, 0.15) is 13.8 Å². The Labute approximate surface area is 65.7 Å². The normalized spacial score (nSPS) is 7.75. The van der Waals surface area contributed by atoms with Crippen molar-refractivity contribution in [3.05, 3.63) is 0 Å². The van der Waals surface area contributed by atoms with Gasteiger partial charge in [-0.1, -0.05) is 0 Å². The molecule has 0 aromatic carbocycles. The second-order valence-electron chi connectivity index (χ2n) is 1.34. The summed E-state index contributed by atoms with van der Waals surface area (Å²) < 4.78 is 4.75. The third-order valence-electron chi connectivity index (χ3n) is 0.509. The molecule has 0 aliphatic heterocycles. The van der Waals surface area contributed by atoms with E-state index < -0.39 is 0 Å². The smallest absolute Gasteiger partial charge is 0.316 e. The zero-order valence-electron chi connectivity index (χ0n) is 4.73. The van der Waals surface area contributed by atoms with Crippen molar-refractivity contribution >= 4 is 28.8 Å². The van der Waals surface area contributed by atoms with E-state index in [-0.39, 0.29) is 35.4 Å². The Morgan fingerprint density at radius 1 is 1.62 bits per heavy atom. The molecule has 0 aromatic rings. The molecule has 0 rings (SSSR count). The fraction of sp³-hybridized carbons (Fsp3) is 0.800. The first kappa shape index (κ1) is 11.2. The van der Waals surface area contributed by atoms with Crippen molar-refractivity contribution < 1.29 is 9.53 Å². The highest BCUT2D eigenvalue weighted by Gasteiger charge is 1.86. The molecule has 0 aliphatic carbocycles. The van der Waals surface area contributed by atoms with Crippen LogP contribution in [0.3, 0.4) is 0 Å². The Morgan fingerprint density at radius 3 is 2.25 bits per heavy atom. The lowest BCUT2D eigenvalue weighted by molar-refractivity contribution is -0.121. The molecule has 0 aliphatic rings. The molecule has 0 radical (unpaired) electrons. The average molecular weight is 128 g/mol. The van der Waals surface area contributed by atoms with E-state index in [0.29, 0.717) is 6.61 Å². The lowest BCUT2D eigenvalue weighted by atomic mass is 10.5. The number of ketones is 1. The first-order valence-electron chi connectivity index (χ1n) is 2.34. The number of hydrogen-bond acceptors (Lipinski definition) is 2. The van der Waals surface area contributed by atoms with E-state index in [2.05, 4.69) is 0 Å². The van der Waals surface area contributed by atoms with Gasteiger partial charge in [-0.25, -0.2) is 0 Å². The van der Waals surface area contributed by atoms with Gasteiger partial charge in [-0.3, -0.25) is 4.79 Å². The summed E-state index contributed by atoms with van der Waals surface area (Å²) in [6.45, 7) is 4.26. The average Bonchev–Trinajstić information content (AvgIpc) is 1.61. The van der Waals surface area contributed by atoms with Crippen LogP contribution in [0.15, 0.2) is 0 Å². The van der Waals surface area contributed by atoms with Crippen LogP contribution in [0.4, 0.5) is 0 Å². The Hall–Kier alpha value is 0.396. The highest BCUT2D eigenvalue weighted by Crippen LogP contribution is 1.72. The van der Waals surface area contributed by atoms with Crippen molar-refractivity contribution in [1.82, 2.24) is 0 Å². The van der Waals surface area contributed by atoms with E-state index in [1.807, 2.05) is 6.92 Å². The third-order valence-corrected chi connectivity index (χ3v) is 0.509. The maximum Gasteiger partial charge on any atom is 0.316 e. The Balaban J connectivity index is 0. The number of carbonyl (C=O) groups excluding carboxylic acids is 1. The minimum atomic E-state index is 0. The van der Waals surface area contributed by atoms with E-state index in [1.165, 1.54) is 6.92 Å². The Bertz CT molecular complexity index is 63.4. The largest absolute Gasteiger partial charge is 0.374 e. The standard InChI is InChI=1S/C5H10O2.Mg.2H/c1-3-7-4-5(2)6;;;/h3-4H2,1-2H3;;;. The van der Waals surface area contributed by atoms with Crippen molar-refractivity contribution in [2.75, 3.05) is 13.2 Å². The molecule has 0 unspecified atom stereocenters. The van der Waals surface area contributed by atoms with E-state index >= 15 is 0 Å². The number of Topliss-reactive ketones (excluding diaryl/α,β-unsaturated/α-hetero) is 1. The number of carbonyl (C=O) groups is 1. The van der Waals surface area contributed by atoms with E-state index in [1.54, 1.807) is 0 Å². The zero-order valence-corrected chi connectivity index (χ0v) is 4.73. The second kappa shape index (κ2) is 7.40. The van der Waals surface area contributed by atoms with Gasteiger partial charge in [0, 0.05) is 6.61 Å². The number of rotatable bonds is 3. The minimum absolute atomic E-state index is 0. The molecule has 0 aromatic heterocycles. The molecular formula is C5H12MgO2. The molecule has 0 saturated heterocycles. The van der Waals surface area contributed by atoms with Crippen LogP contribution in [0.5, 0.6) is 0 Å². The molecule has 0 atom stereocenters. The van der Waals surface area contributed by atoms with Crippen LogP contribution in [-0.2, 0) is 9.53 Å². The fourth-order valence-electron chi connectivity index (χ4n) is 0.246. The monoisotopic (exact) mass is 128 g/mol. The molecular weight excluding hydrogens is 116 g/mol. The summed E-state index contributed by atoms with van der Waals surface area (Å²) >= 11 is 0. The summed E-state index contributed by atoms with van der Waals surface area (Å²) in [6.07, 6.45) is 0. The summed E-state index contributed by atoms with van der Waals surface area (Å²) in [6, 6.07) is 0. The lowest BCUT2D eigenvalue weighted by Gasteiger charge is -1.91. The minimum Gasteiger partial charge on any atom is -0.374 e. The molecule has 3 heteroatoms. The van der Waals surface area contributed by atoms with Gasteiger partial charge in [-0.2, -0.15) is 0 Å². The van der Waals surface area contributed by atoms with Gasteiger partial charge in [0.1, 0.15) is 6.61 Å². The second-order valence-corrected chi connectivity index (χ2v) is 1.34. The van der Waals surface area contributed by atoms with Crippen LogP contribution >= 0.6 is 0 Å². The van der Waals surface area contributed by atoms with Crippen molar-refractivity contribution in [2.45, 2.75) is 13.8 Å². The van der Waals surface area contributed by atoms with Gasteiger partial charge in [0.15, 0.2) is 5.78 Å². The molecule has 0 bridgehead atoms. The van der Waals surface area contributed by atoms with Gasteiger partial charge in [0.25, 0.3) is 0 Å². The molecule has 0 amide bonds. The SMILES string of the molecule is CCOCC(C)=O.[MgH2]. The Morgan fingerprint density at radius 2 is 2.12 bits per heavy atom. The zero-order chi connectivity index (χ0) is 5.70. The number of hydrogen-bond donors (Lipinski definition) is 0. The van der Waals surface area contributed by atoms with E-state index in [4.69, 9.17) is 4.74 Å². The molecule has 2 nitrogen and oxygen atoms in total. The lowest BCUT2D eigenvalue weighted by Crippen LogP contribution is -2.02. The van der Waals surface area contributed by atoms with Crippen LogP contribution in [-0.4, -0.2) is 42.0 Å². The van der Waals surface area contributed by atoms with Crippen molar-refractivity contribution in [3.8, 4) is 0 Å². The van der Waals surface area contributed by atoms with E-state index in [9.17, 15) is 4.79 Å². The van der Waals surface area contributed by atoms with Crippen LogP contribution in [0.2, 0.25) is 0 Å².